The van der Waals surface area contributed by atoms with Crippen LogP contribution >= 0.6 is 23.5 Å². The Labute approximate surface area is 297 Å². The zero-order chi connectivity index (χ0) is 33.1. The van der Waals surface area contributed by atoms with E-state index in [1.165, 1.54) is 52.5 Å². The van der Waals surface area contributed by atoms with Crippen LogP contribution < -0.4 is 61.5 Å². The predicted octanol–water partition coefficient (Wildman–Crippen LogP) is -4.12. The third kappa shape index (κ3) is 8.07. The van der Waals surface area contributed by atoms with Crippen molar-refractivity contribution in [3.05, 3.63) is 57.6 Å². The Morgan fingerprint density at radius 2 is 1.94 bits per heavy atom. The van der Waals surface area contributed by atoms with E-state index in [1.54, 1.807) is 7.05 Å². The van der Waals surface area contributed by atoms with E-state index >= 15 is 0 Å². The minimum atomic E-state index is -1.53. The molecule has 242 valence electrons. The number of tetrazole rings is 1. The third-order valence-corrected chi connectivity index (χ3v) is 9.17. The van der Waals surface area contributed by atoms with Crippen molar-refractivity contribution < 1.29 is 58.9 Å². The summed E-state index contributed by atoms with van der Waals surface area (Å²) in [7, 11) is 1.64. The van der Waals surface area contributed by atoms with E-state index < -0.39 is 46.8 Å². The van der Waals surface area contributed by atoms with Crippen molar-refractivity contribution in [3.8, 4) is 5.75 Å². The molecule has 1 fully saturated rings. The van der Waals surface area contributed by atoms with E-state index in [9.17, 15) is 34.2 Å². The maximum absolute atomic E-state index is 13.5. The van der Waals surface area contributed by atoms with Gasteiger partial charge < -0.3 is 36.3 Å². The Balaban J connectivity index is 0.00000500. The maximum atomic E-state index is 13.5. The number of carboxylic acids is 1. The quantitative estimate of drug-likeness (QED) is 0.0634. The smallest absolute Gasteiger partial charge is 0.543 e. The Bertz CT molecular complexity index is 1770. The number of hydrogen-bond acceptors (Lipinski definition) is 14. The second kappa shape index (κ2) is 15.2. The molecule has 1 unspecified atom stereocenters. The molecule has 0 saturated carbocycles. The number of aromatic nitrogens is 6. The van der Waals surface area contributed by atoms with Crippen LogP contribution in [0.4, 0.5) is 16.4 Å². The number of aromatic amines is 1. The van der Waals surface area contributed by atoms with Crippen molar-refractivity contribution in [2.75, 3.05) is 22.1 Å². The number of rotatable bonds is 11. The predicted molar refractivity (Wildman–Crippen MR) is 163 cm³/mol. The molecule has 2 aliphatic rings. The zero-order valence-corrected chi connectivity index (χ0v) is 29.1. The molecule has 3 aromatic rings. The van der Waals surface area contributed by atoms with Gasteiger partial charge in [0.05, 0.1) is 17.9 Å². The van der Waals surface area contributed by atoms with Crippen molar-refractivity contribution in [2.45, 2.75) is 42.5 Å². The van der Waals surface area contributed by atoms with Gasteiger partial charge in [-0.25, -0.2) is 14.5 Å². The molecule has 2 aromatic heterocycles. The fourth-order valence-electron chi connectivity index (χ4n) is 4.60. The first kappa shape index (κ1) is 35.7. The van der Waals surface area contributed by atoms with Crippen molar-refractivity contribution in [3.63, 3.8) is 0 Å². The molecule has 0 spiro atoms. The number of amides is 4. The number of anilines is 2. The summed E-state index contributed by atoms with van der Waals surface area (Å²) in [5.41, 5.74) is -0.419. The summed E-state index contributed by atoms with van der Waals surface area (Å²) in [5.74, 6) is -2.46. The molecule has 0 radical (unpaired) electrons. The maximum Gasteiger partial charge on any atom is 1.00 e. The Hall–Kier alpha value is -4.11. The molecule has 0 bridgehead atoms. The molecule has 4 amide bonds. The van der Waals surface area contributed by atoms with Gasteiger partial charge in [-0.3, -0.25) is 24.3 Å². The molecule has 5 rings (SSSR count). The number of thioether (sulfide) groups is 2. The number of aliphatic carboxylic acids is 1. The first-order valence-electron chi connectivity index (χ1n) is 13.7. The van der Waals surface area contributed by atoms with Crippen molar-refractivity contribution in [1.82, 2.24) is 45.7 Å². The van der Waals surface area contributed by atoms with Crippen molar-refractivity contribution in [2.24, 2.45) is 7.05 Å². The molecule has 6 N–H and O–H groups in total. The van der Waals surface area contributed by atoms with Gasteiger partial charge in [0.1, 0.15) is 28.9 Å². The number of H-pyrrole nitrogens is 1. The SMILES string of the molecule is CC(C)Nc1ncc(NC(=O)N[C@@H](C(=O)NC2C(=O)N3C(C(=O)[O-])=C(CSc4nnnn4C)CS[C@H]23)c2ccc(O)cc2)c(=O)[nH]1.[Na+]. The zero-order valence-electron chi connectivity index (χ0n) is 25.5. The number of carbonyl (C=O) groups is 4. The monoisotopic (exact) mass is 693 g/mol. The molecule has 0 aliphatic carbocycles. The summed E-state index contributed by atoms with van der Waals surface area (Å²) in [6.07, 6.45) is 1.15. The molecule has 1 saturated heterocycles. The number of aromatic hydroxyl groups is 1. The molecule has 21 heteroatoms. The number of benzene rings is 1. The Morgan fingerprint density at radius 1 is 1.21 bits per heavy atom. The number of carbonyl (C=O) groups excluding carboxylic acids is 4. The van der Waals surface area contributed by atoms with Crippen LogP contribution in [0.2, 0.25) is 0 Å². The third-order valence-electron chi connectivity index (χ3n) is 6.73. The van der Waals surface area contributed by atoms with Crippen LogP contribution in [-0.2, 0) is 21.4 Å². The van der Waals surface area contributed by atoms with Gasteiger partial charge in [-0.2, -0.15) is 0 Å². The molecule has 2 aliphatic heterocycles. The number of fused-ring (bicyclic) bond motifs is 1. The van der Waals surface area contributed by atoms with Gasteiger partial charge in [0.15, 0.2) is 0 Å². The van der Waals surface area contributed by atoms with Crippen LogP contribution in [0.25, 0.3) is 0 Å². The van der Waals surface area contributed by atoms with Crippen LogP contribution in [0.3, 0.4) is 0 Å². The number of carboxylic acid groups (broad SMARTS) is 1. The van der Waals surface area contributed by atoms with Crippen molar-refractivity contribution >= 4 is 59.0 Å². The van der Waals surface area contributed by atoms with E-state index in [0.717, 1.165) is 11.1 Å². The summed E-state index contributed by atoms with van der Waals surface area (Å²) in [5, 5.41) is 43.1. The van der Waals surface area contributed by atoms with Crippen LogP contribution in [0.15, 0.2) is 51.7 Å². The van der Waals surface area contributed by atoms with Crippen LogP contribution in [0.5, 0.6) is 5.75 Å². The first-order valence-corrected chi connectivity index (χ1v) is 15.7. The van der Waals surface area contributed by atoms with Gasteiger partial charge >= 0.3 is 35.6 Å². The number of β-lactam (4-membered cyclic amide) rings is 1. The summed E-state index contributed by atoms with van der Waals surface area (Å²) >= 11 is 2.45. The number of urea groups is 1. The number of phenols is 1. The molecule has 47 heavy (non-hydrogen) atoms. The molecule has 4 heterocycles. The molecular weight excluding hydrogens is 665 g/mol. The Kier molecular flexibility index (Phi) is 11.6. The second-order valence-electron chi connectivity index (χ2n) is 10.4. The minimum Gasteiger partial charge on any atom is -0.543 e. The largest absolute Gasteiger partial charge is 1.00 e. The van der Waals surface area contributed by atoms with Crippen molar-refractivity contribution in [1.29, 1.82) is 0 Å². The first-order chi connectivity index (χ1) is 21.9. The van der Waals surface area contributed by atoms with Crippen LogP contribution in [-0.4, -0.2) is 93.0 Å². The van der Waals surface area contributed by atoms with E-state index in [0.29, 0.717) is 10.7 Å². The van der Waals surface area contributed by atoms with Gasteiger partial charge in [-0.15, -0.1) is 16.9 Å². The minimum absolute atomic E-state index is 0. The number of nitrogens with zero attached hydrogens (tertiary/aromatic N) is 6. The van der Waals surface area contributed by atoms with Crippen LogP contribution in [0.1, 0.15) is 25.5 Å². The average Bonchev–Trinajstić information content (AvgIpc) is 3.42. The molecule has 18 nitrogen and oxygen atoms in total. The van der Waals surface area contributed by atoms with Gasteiger partial charge in [-0.1, -0.05) is 23.9 Å². The topological polar surface area (TPSA) is 252 Å². The van der Waals surface area contributed by atoms with E-state index in [2.05, 4.69) is 46.8 Å². The summed E-state index contributed by atoms with van der Waals surface area (Å²) in [6.45, 7) is 3.71. The van der Waals surface area contributed by atoms with Gasteiger partial charge in [0.25, 0.3) is 11.5 Å². The molecular formula is C26H28N11NaO7S2. The number of nitrogens with one attached hydrogen (secondary N) is 5. The average molecular weight is 694 g/mol. The Morgan fingerprint density at radius 3 is 2.55 bits per heavy atom. The second-order valence-corrected chi connectivity index (χ2v) is 12.5. The summed E-state index contributed by atoms with van der Waals surface area (Å²) in [6, 6.07) is 2.00. The fourth-order valence-corrected chi connectivity index (χ4v) is 6.94. The van der Waals surface area contributed by atoms with E-state index in [-0.39, 0.29) is 75.8 Å². The molecule has 3 atom stereocenters. The van der Waals surface area contributed by atoms with Gasteiger partial charge in [0.2, 0.25) is 17.0 Å². The van der Waals surface area contributed by atoms with Crippen LogP contribution in [0, 0.1) is 0 Å². The van der Waals surface area contributed by atoms with E-state index in [4.69, 9.17) is 0 Å². The normalized spacial score (nSPS) is 17.6. The van der Waals surface area contributed by atoms with E-state index in [1.807, 2.05) is 13.8 Å². The number of aryl methyl sites for hydroxylation is 1. The number of hydrogen-bond donors (Lipinski definition) is 6. The number of phenolic OH excluding ortho intramolecular Hbond substituents is 1. The van der Waals surface area contributed by atoms with Gasteiger partial charge in [-0.05, 0) is 47.5 Å². The van der Waals surface area contributed by atoms with Gasteiger partial charge in [0, 0.05) is 24.6 Å². The summed E-state index contributed by atoms with van der Waals surface area (Å²) in [4.78, 5) is 71.9. The fraction of sp³-hybridized carbons (Fsp3) is 0.346. The molecule has 1 aromatic carbocycles. The standard InChI is InChI=1S/C26H29N11O7S2.Na/c1-11(2)28-24-27-8-15(19(39)32-24)29-25(44)31-16(12-4-6-14(38)7-5-12)20(40)30-17-21(41)37-18(23(42)43)13(9-45-22(17)37)10-46-26-33-34-35-36(26)3;/h4-8,11,16-17,22,38H,9-10H2,1-3H3,(H,30,40)(H,42,43)(H2,29,31,44)(H2,27,28,32,39);/q;+1/p-1/t16-,17?,22-;/m1./s1. The summed E-state index contributed by atoms with van der Waals surface area (Å²) < 4.78 is 1.43.